The van der Waals surface area contributed by atoms with E-state index in [1.165, 1.54) is 23.1 Å². The fourth-order valence-electron chi connectivity index (χ4n) is 2.29. The summed E-state index contributed by atoms with van der Waals surface area (Å²) >= 11 is 5.88. The molecule has 1 fully saturated rings. The van der Waals surface area contributed by atoms with Crippen molar-refractivity contribution in [3.05, 3.63) is 34.6 Å². The van der Waals surface area contributed by atoms with Crippen molar-refractivity contribution in [2.75, 3.05) is 6.54 Å². The average Bonchev–Trinajstić information content (AvgIpc) is 2.42. The van der Waals surface area contributed by atoms with E-state index in [2.05, 4.69) is 5.32 Å². The predicted octanol–water partition coefficient (Wildman–Crippen LogP) is 1.29. The third-order valence-electron chi connectivity index (χ3n) is 3.35. The number of imide groups is 1. The van der Waals surface area contributed by atoms with E-state index in [0.717, 1.165) is 0 Å². The minimum atomic E-state index is -0.722. The number of carbonyl (C=O) groups excluding carboxylic acids is 3. The van der Waals surface area contributed by atoms with Crippen molar-refractivity contribution >= 4 is 29.3 Å². The maximum absolute atomic E-state index is 13.7. The summed E-state index contributed by atoms with van der Waals surface area (Å²) in [4.78, 5) is 36.6. The van der Waals surface area contributed by atoms with Gasteiger partial charge in [-0.15, -0.1) is 0 Å². The first-order valence-electron chi connectivity index (χ1n) is 6.50. The van der Waals surface area contributed by atoms with Crippen molar-refractivity contribution in [3.63, 3.8) is 0 Å². The third kappa shape index (κ3) is 3.21. The zero-order valence-corrected chi connectivity index (χ0v) is 12.1. The van der Waals surface area contributed by atoms with E-state index < -0.39 is 29.6 Å². The molecule has 1 aliphatic heterocycles. The normalized spacial score (nSPS) is 18.6. The number of benzene rings is 1. The van der Waals surface area contributed by atoms with Crippen LogP contribution in [0.2, 0.25) is 5.02 Å². The van der Waals surface area contributed by atoms with Gasteiger partial charge in [0.15, 0.2) is 0 Å². The molecule has 7 heteroatoms. The number of carbonyl (C=O) groups is 3. The highest BCUT2D eigenvalue weighted by Gasteiger charge is 2.35. The summed E-state index contributed by atoms with van der Waals surface area (Å²) in [6.45, 7) is 1.52. The molecule has 0 bridgehead atoms. The lowest BCUT2D eigenvalue weighted by Crippen LogP contribution is -2.59. The zero-order valence-electron chi connectivity index (χ0n) is 11.4. The van der Waals surface area contributed by atoms with Crippen LogP contribution in [0.15, 0.2) is 18.2 Å². The molecule has 1 unspecified atom stereocenters. The summed E-state index contributed by atoms with van der Waals surface area (Å²) < 4.78 is 13.7. The Hall–Kier alpha value is -1.95. The maximum Gasteiger partial charge on any atom is 0.249 e. The van der Waals surface area contributed by atoms with Gasteiger partial charge in [-0.2, -0.15) is 0 Å². The first-order valence-corrected chi connectivity index (χ1v) is 6.88. The van der Waals surface area contributed by atoms with E-state index in [-0.39, 0.29) is 23.6 Å². The van der Waals surface area contributed by atoms with E-state index in [9.17, 15) is 18.8 Å². The van der Waals surface area contributed by atoms with Crippen LogP contribution in [-0.4, -0.2) is 35.2 Å². The van der Waals surface area contributed by atoms with Gasteiger partial charge in [0.25, 0.3) is 0 Å². The summed E-state index contributed by atoms with van der Waals surface area (Å²) in [6, 6.07) is 3.41. The number of nitrogens with zero attached hydrogens (tertiary/aromatic N) is 1. The lowest BCUT2D eigenvalue weighted by atomic mass is 10.1. The highest BCUT2D eigenvalue weighted by atomic mass is 35.5. The Bertz CT molecular complexity index is 586. The Morgan fingerprint density at radius 1 is 1.48 bits per heavy atom. The summed E-state index contributed by atoms with van der Waals surface area (Å²) in [7, 11) is 0. The van der Waals surface area contributed by atoms with Gasteiger partial charge >= 0.3 is 0 Å². The Balaban J connectivity index is 2.22. The van der Waals surface area contributed by atoms with Gasteiger partial charge in [0.2, 0.25) is 17.7 Å². The van der Waals surface area contributed by atoms with Crippen LogP contribution in [0.4, 0.5) is 4.39 Å². The van der Waals surface area contributed by atoms with E-state index in [4.69, 9.17) is 11.6 Å². The topological polar surface area (TPSA) is 66.5 Å². The SMILES string of the molecule is CCC1C(=O)NC(=O)CN1C(=O)Cc1c(F)cccc1Cl. The van der Waals surface area contributed by atoms with E-state index in [1.807, 2.05) is 0 Å². The number of amides is 3. The van der Waals surface area contributed by atoms with Gasteiger partial charge in [0.05, 0.1) is 6.42 Å². The number of nitrogens with one attached hydrogen (secondary N) is 1. The molecule has 0 spiro atoms. The lowest BCUT2D eigenvalue weighted by Gasteiger charge is -2.33. The van der Waals surface area contributed by atoms with Crippen LogP contribution in [0.5, 0.6) is 0 Å². The van der Waals surface area contributed by atoms with Crippen LogP contribution >= 0.6 is 11.6 Å². The van der Waals surface area contributed by atoms with E-state index in [1.54, 1.807) is 6.92 Å². The molecule has 0 aromatic heterocycles. The average molecular weight is 313 g/mol. The van der Waals surface area contributed by atoms with Crippen molar-refractivity contribution in [2.24, 2.45) is 0 Å². The van der Waals surface area contributed by atoms with E-state index in [0.29, 0.717) is 6.42 Å². The van der Waals surface area contributed by atoms with Crippen LogP contribution in [0, 0.1) is 5.82 Å². The molecule has 112 valence electrons. The minimum absolute atomic E-state index is 0.0671. The smallest absolute Gasteiger partial charge is 0.249 e. The van der Waals surface area contributed by atoms with Crippen molar-refractivity contribution in [3.8, 4) is 0 Å². The van der Waals surface area contributed by atoms with Crippen LogP contribution in [-0.2, 0) is 20.8 Å². The highest BCUT2D eigenvalue weighted by Crippen LogP contribution is 2.21. The fraction of sp³-hybridized carbons (Fsp3) is 0.357. The number of piperazine rings is 1. The molecule has 1 saturated heterocycles. The third-order valence-corrected chi connectivity index (χ3v) is 3.71. The molecule has 1 atom stereocenters. The quantitative estimate of drug-likeness (QED) is 0.855. The molecule has 3 amide bonds. The first kappa shape index (κ1) is 15.4. The molecular formula is C14H14ClFN2O3. The Kier molecular flexibility index (Phi) is 4.57. The molecule has 5 nitrogen and oxygen atoms in total. The van der Waals surface area contributed by atoms with E-state index >= 15 is 0 Å². The van der Waals surface area contributed by atoms with Crippen LogP contribution in [0.25, 0.3) is 0 Å². The molecule has 1 aliphatic rings. The molecule has 0 radical (unpaired) electrons. The van der Waals surface area contributed by atoms with Crippen molar-refractivity contribution in [1.29, 1.82) is 0 Å². The lowest BCUT2D eigenvalue weighted by molar-refractivity contribution is -0.149. The van der Waals surface area contributed by atoms with Crippen molar-refractivity contribution < 1.29 is 18.8 Å². The van der Waals surface area contributed by atoms with Gasteiger partial charge in [0.1, 0.15) is 18.4 Å². The minimum Gasteiger partial charge on any atom is -0.321 e. The first-order chi connectivity index (χ1) is 9.93. The van der Waals surface area contributed by atoms with Crippen LogP contribution in [0.3, 0.4) is 0 Å². The number of hydrogen-bond acceptors (Lipinski definition) is 3. The summed E-state index contributed by atoms with van der Waals surface area (Å²) in [5.74, 6) is -2.15. The summed E-state index contributed by atoms with van der Waals surface area (Å²) in [6.07, 6.45) is 0.0818. The van der Waals surface area contributed by atoms with Gasteiger partial charge in [-0.25, -0.2) is 4.39 Å². The van der Waals surface area contributed by atoms with Gasteiger partial charge in [0, 0.05) is 10.6 Å². The molecule has 21 heavy (non-hydrogen) atoms. The molecule has 1 N–H and O–H groups in total. The van der Waals surface area contributed by atoms with Crippen LogP contribution in [0.1, 0.15) is 18.9 Å². The van der Waals surface area contributed by atoms with Gasteiger partial charge in [-0.3, -0.25) is 19.7 Å². The fourth-order valence-corrected chi connectivity index (χ4v) is 2.52. The second-order valence-electron chi connectivity index (χ2n) is 4.74. The summed E-state index contributed by atoms with van der Waals surface area (Å²) in [5.41, 5.74) is 0.0671. The molecule has 1 heterocycles. The second-order valence-corrected chi connectivity index (χ2v) is 5.14. The molecule has 2 rings (SSSR count). The molecule has 0 aliphatic carbocycles. The number of hydrogen-bond donors (Lipinski definition) is 1. The Labute approximate surface area is 126 Å². The zero-order chi connectivity index (χ0) is 15.6. The van der Waals surface area contributed by atoms with Crippen molar-refractivity contribution in [1.82, 2.24) is 10.2 Å². The number of rotatable bonds is 3. The second kappa shape index (κ2) is 6.22. The Morgan fingerprint density at radius 3 is 2.81 bits per heavy atom. The van der Waals surface area contributed by atoms with Gasteiger partial charge < -0.3 is 4.90 Å². The van der Waals surface area contributed by atoms with Crippen molar-refractivity contribution in [2.45, 2.75) is 25.8 Å². The largest absolute Gasteiger partial charge is 0.321 e. The molecule has 1 aromatic carbocycles. The maximum atomic E-state index is 13.7. The van der Waals surface area contributed by atoms with Crippen LogP contribution < -0.4 is 5.32 Å². The standard InChI is InChI=1S/C14H14ClFN2O3/c1-2-11-14(21)17-12(19)7-18(11)13(20)6-8-9(15)4-3-5-10(8)16/h3-5,11H,2,6-7H2,1H3,(H,17,19,21). The Morgan fingerprint density at radius 2 is 2.19 bits per heavy atom. The molecule has 0 saturated carbocycles. The van der Waals surface area contributed by atoms with Gasteiger partial charge in [-0.05, 0) is 18.6 Å². The highest BCUT2D eigenvalue weighted by molar-refractivity contribution is 6.31. The summed E-state index contributed by atoms with van der Waals surface area (Å²) in [5, 5.41) is 2.32. The predicted molar refractivity (Wildman–Crippen MR) is 74.1 cm³/mol. The molecule has 1 aromatic rings. The number of halogens is 2. The van der Waals surface area contributed by atoms with Gasteiger partial charge in [-0.1, -0.05) is 24.6 Å². The monoisotopic (exact) mass is 312 g/mol. The molecular weight excluding hydrogens is 299 g/mol.